The van der Waals surface area contributed by atoms with Crippen LogP contribution in [0, 0.1) is 5.95 Å². The van der Waals surface area contributed by atoms with E-state index in [4.69, 9.17) is 0 Å². The lowest BCUT2D eigenvalue weighted by Crippen LogP contribution is -2.31. The number of hydrazone groups is 1. The van der Waals surface area contributed by atoms with Crippen molar-refractivity contribution in [3.05, 3.63) is 52.6 Å². The van der Waals surface area contributed by atoms with Crippen LogP contribution in [0.4, 0.5) is 10.1 Å². The van der Waals surface area contributed by atoms with Crippen LogP contribution in [0.5, 0.6) is 0 Å². The van der Waals surface area contributed by atoms with Crippen molar-refractivity contribution in [2.75, 3.05) is 5.32 Å². The summed E-state index contributed by atoms with van der Waals surface area (Å²) < 4.78 is 15.4. The minimum absolute atomic E-state index is 0.0117. The Morgan fingerprint density at radius 2 is 2.23 bits per heavy atom. The fraction of sp³-hybridized carbons (Fsp3) is 0.250. The number of hydrogen-bond acceptors (Lipinski definition) is 8. The van der Waals surface area contributed by atoms with Crippen LogP contribution in [-0.2, 0) is 0 Å². The van der Waals surface area contributed by atoms with Crippen LogP contribution in [0.3, 0.4) is 0 Å². The van der Waals surface area contributed by atoms with Gasteiger partial charge in [0.2, 0.25) is 5.95 Å². The van der Waals surface area contributed by atoms with E-state index in [9.17, 15) is 14.3 Å². The summed E-state index contributed by atoms with van der Waals surface area (Å²) in [5.41, 5.74) is 4.72. The Kier molecular flexibility index (Phi) is 5.87. The van der Waals surface area contributed by atoms with Crippen LogP contribution >= 0.6 is 11.3 Å². The normalized spacial score (nSPS) is 18.4. The van der Waals surface area contributed by atoms with Crippen LogP contribution < -0.4 is 10.7 Å². The standard InChI is InChI=1S/C20H20FN7O2S/c1-11(8-23-22-2)20-26-16(10-31-20)19(30)25-15-9-28(12-6-13(29)7-12)27-18(15)14-4-3-5-17(21)24-14/h3-5,8-10,12-13,23,29H,2,6-7H2,1H3,(H,25,30)/b11-8+/t12-,13+. The van der Waals surface area contributed by atoms with Gasteiger partial charge in [-0.15, -0.1) is 11.3 Å². The molecule has 0 aromatic carbocycles. The second-order valence-electron chi connectivity index (χ2n) is 7.10. The molecule has 160 valence electrons. The first-order chi connectivity index (χ1) is 14.9. The third kappa shape index (κ3) is 4.52. The fourth-order valence-corrected chi connectivity index (χ4v) is 3.90. The Morgan fingerprint density at radius 1 is 1.42 bits per heavy atom. The summed E-state index contributed by atoms with van der Waals surface area (Å²) in [5, 5.41) is 22.8. The molecule has 0 unspecified atom stereocenters. The van der Waals surface area contributed by atoms with Crippen LogP contribution in [-0.4, -0.2) is 43.6 Å². The summed E-state index contributed by atoms with van der Waals surface area (Å²) in [6, 6.07) is 4.41. The van der Waals surface area contributed by atoms with Crippen LogP contribution in [0.2, 0.25) is 0 Å². The third-order valence-electron chi connectivity index (χ3n) is 4.85. The van der Waals surface area contributed by atoms with E-state index < -0.39 is 11.9 Å². The second kappa shape index (κ2) is 8.74. The van der Waals surface area contributed by atoms with Crippen molar-refractivity contribution >= 4 is 35.2 Å². The zero-order valence-electron chi connectivity index (χ0n) is 16.6. The number of rotatable bonds is 7. The number of aliphatic hydroxyl groups is 1. The number of allylic oxidation sites excluding steroid dienone is 1. The molecule has 3 aromatic heterocycles. The van der Waals surface area contributed by atoms with Gasteiger partial charge in [-0.05, 0) is 31.9 Å². The molecule has 0 spiro atoms. The molecule has 11 heteroatoms. The first-order valence-electron chi connectivity index (χ1n) is 9.50. The van der Waals surface area contributed by atoms with Gasteiger partial charge in [-0.1, -0.05) is 6.07 Å². The van der Waals surface area contributed by atoms with Gasteiger partial charge in [0.15, 0.2) is 0 Å². The molecule has 4 rings (SSSR count). The molecule has 1 aliphatic carbocycles. The molecular weight excluding hydrogens is 421 g/mol. The van der Waals surface area contributed by atoms with E-state index in [1.807, 2.05) is 6.92 Å². The minimum Gasteiger partial charge on any atom is -0.393 e. The van der Waals surface area contributed by atoms with Gasteiger partial charge in [-0.25, -0.2) is 9.97 Å². The smallest absolute Gasteiger partial charge is 0.275 e. The van der Waals surface area contributed by atoms with Gasteiger partial charge in [0, 0.05) is 30.1 Å². The van der Waals surface area contributed by atoms with Crippen molar-refractivity contribution in [2.24, 2.45) is 5.10 Å². The highest BCUT2D eigenvalue weighted by molar-refractivity contribution is 7.11. The Balaban J connectivity index is 1.60. The number of hydrogen-bond donors (Lipinski definition) is 3. The van der Waals surface area contributed by atoms with Gasteiger partial charge in [-0.3, -0.25) is 14.9 Å². The number of nitrogens with one attached hydrogen (secondary N) is 2. The number of thiazole rings is 1. The van der Waals surface area contributed by atoms with Gasteiger partial charge < -0.3 is 10.4 Å². The van der Waals surface area contributed by atoms with Crippen LogP contribution in [0.15, 0.2) is 41.1 Å². The monoisotopic (exact) mass is 441 g/mol. The highest BCUT2D eigenvalue weighted by Crippen LogP contribution is 2.35. The maximum atomic E-state index is 13.7. The first-order valence-corrected chi connectivity index (χ1v) is 10.4. The predicted molar refractivity (Wildman–Crippen MR) is 116 cm³/mol. The maximum Gasteiger partial charge on any atom is 0.275 e. The Hall–Kier alpha value is -3.44. The molecule has 1 amide bonds. The summed E-state index contributed by atoms with van der Waals surface area (Å²) in [7, 11) is 0. The van der Waals surface area contributed by atoms with E-state index in [-0.39, 0.29) is 17.8 Å². The van der Waals surface area contributed by atoms with Crippen molar-refractivity contribution in [1.82, 2.24) is 25.2 Å². The third-order valence-corrected chi connectivity index (χ3v) is 5.82. The molecule has 3 heterocycles. The number of aromatic nitrogens is 4. The Labute approximate surface area is 181 Å². The quantitative estimate of drug-likeness (QED) is 0.295. The topological polar surface area (TPSA) is 117 Å². The number of nitrogens with zero attached hydrogens (tertiary/aromatic N) is 5. The number of carbonyl (C=O) groups is 1. The van der Waals surface area contributed by atoms with Crippen LogP contribution in [0.25, 0.3) is 17.0 Å². The Morgan fingerprint density at radius 3 is 2.94 bits per heavy atom. The number of halogens is 1. The summed E-state index contributed by atoms with van der Waals surface area (Å²) in [4.78, 5) is 21.1. The number of pyridine rings is 1. The zero-order valence-corrected chi connectivity index (χ0v) is 17.4. The highest BCUT2D eigenvalue weighted by atomic mass is 32.1. The van der Waals surface area contributed by atoms with Crippen molar-refractivity contribution in [3.8, 4) is 11.4 Å². The molecule has 1 fully saturated rings. The van der Waals surface area contributed by atoms with E-state index in [1.165, 1.54) is 23.5 Å². The lowest BCUT2D eigenvalue weighted by atomic mass is 9.90. The lowest BCUT2D eigenvalue weighted by Gasteiger charge is -2.31. The molecular formula is C20H20FN7O2S. The average molecular weight is 441 g/mol. The van der Waals surface area contributed by atoms with Gasteiger partial charge >= 0.3 is 0 Å². The summed E-state index contributed by atoms with van der Waals surface area (Å²) in [6.07, 6.45) is 4.09. The predicted octanol–water partition coefficient (Wildman–Crippen LogP) is 3.05. The van der Waals surface area contributed by atoms with Gasteiger partial charge in [0.25, 0.3) is 5.91 Å². The SMILES string of the molecule is C=NN/C=C(\C)c1nc(C(=O)Nc2cn([C@H]3C[C@@H](O)C3)nc2-c2cccc(F)n2)cs1. The molecule has 1 saturated carbocycles. The summed E-state index contributed by atoms with van der Waals surface area (Å²) in [6.45, 7) is 5.17. The molecule has 3 N–H and O–H groups in total. The fourth-order valence-electron chi connectivity index (χ4n) is 3.12. The molecule has 0 saturated heterocycles. The molecule has 0 atom stereocenters. The molecule has 3 aromatic rings. The van der Waals surface area contributed by atoms with E-state index in [1.54, 1.807) is 28.5 Å². The summed E-state index contributed by atoms with van der Waals surface area (Å²) >= 11 is 1.32. The average Bonchev–Trinajstić information content (AvgIpc) is 3.37. The number of carbonyl (C=O) groups excluding carboxylic acids is 1. The summed E-state index contributed by atoms with van der Waals surface area (Å²) in [5.74, 6) is -1.06. The van der Waals surface area contributed by atoms with Crippen molar-refractivity contribution in [1.29, 1.82) is 0 Å². The molecule has 0 radical (unpaired) electrons. The van der Waals surface area contributed by atoms with Crippen molar-refractivity contribution in [3.63, 3.8) is 0 Å². The molecule has 0 bridgehead atoms. The van der Waals surface area contributed by atoms with Crippen LogP contribution in [0.1, 0.15) is 41.3 Å². The maximum absolute atomic E-state index is 13.7. The minimum atomic E-state index is -0.641. The highest BCUT2D eigenvalue weighted by Gasteiger charge is 2.31. The van der Waals surface area contributed by atoms with Crippen molar-refractivity contribution < 1.29 is 14.3 Å². The van der Waals surface area contributed by atoms with Crippen molar-refractivity contribution in [2.45, 2.75) is 31.9 Å². The van der Waals surface area contributed by atoms with E-state index >= 15 is 0 Å². The second-order valence-corrected chi connectivity index (χ2v) is 7.96. The lowest BCUT2D eigenvalue weighted by molar-refractivity contribution is 0.0435. The number of amides is 1. The molecule has 0 aliphatic heterocycles. The van der Waals surface area contributed by atoms with E-state index in [0.29, 0.717) is 34.9 Å². The van der Waals surface area contributed by atoms with E-state index in [2.05, 4.69) is 37.6 Å². The van der Waals surface area contributed by atoms with Gasteiger partial charge in [-0.2, -0.15) is 14.6 Å². The number of anilines is 1. The molecule has 31 heavy (non-hydrogen) atoms. The van der Waals surface area contributed by atoms with Gasteiger partial charge in [0.05, 0.1) is 23.5 Å². The van der Waals surface area contributed by atoms with Gasteiger partial charge in [0.1, 0.15) is 16.4 Å². The molecule has 9 nitrogen and oxygen atoms in total. The van der Waals surface area contributed by atoms with E-state index in [0.717, 1.165) is 5.57 Å². The first kappa shape index (κ1) is 20.8. The Bertz CT molecular complexity index is 1150. The molecule has 1 aliphatic rings. The largest absolute Gasteiger partial charge is 0.393 e. The zero-order chi connectivity index (χ0) is 22.0. The number of aliphatic hydroxyl groups excluding tert-OH is 1.